The van der Waals surface area contributed by atoms with Gasteiger partial charge in [0, 0.05) is 33.0 Å². The highest BCUT2D eigenvalue weighted by atomic mass is 79.9. The van der Waals surface area contributed by atoms with Gasteiger partial charge in [0.1, 0.15) is 0 Å². The summed E-state index contributed by atoms with van der Waals surface area (Å²) in [6.07, 6.45) is 17.3. The minimum absolute atomic E-state index is 0.188. The molecule has 0 aromatic heterocycles. The zero-order chi connectivity index (χ0) is 15.8. The van der Waals surface area contributed by atoms with E-state index in [0.29, 0.717) is 6.54 Å². The number of terminal acetylenes is 1. The minimum atomic E-state index is 0.188. The summed E-state index contributed by atoms with van der Waals surface area (Å²) in [5, 5.41) is 6.79. The first-order valence-electron chi connectivity index (χ1n) is 6.83. The van der Waals surface area contributed by atoms with Crippen molar-refractivity contribution < 1.29 is 0 Å². The molecule has 1 aliphatic carbocycles. The Hall–Kier alpha value is -1.70. The van der Waals surface area contributed by atoms with Crippen LogP contribution in [0, 0.1) is 12.3 Å². The van der Waals surface area contributed by atoms with Gasteiger partial charge in [0.2, 0.25) is 0 Å². The van der Waals surface area contributed by atoms with Gasteiger partial charge in [-0.2, -0.15) is 0 Å². The number of benzene rings is 1. The summed E-state index contributed by atoms with van der Waals surface area (Å²) < 4.78 is 1.90. The second-order valence-corrected chi connectivity index (χ2v) is 6.29. The Morgan fingerprint density at radius 1 is 1.27 bits per heavy atom. The third kappa shape index (κ3) is 4.94. The third-order valence-corrected chi connectivity index (χ3v) is 4.36. The van der Waals surface area contributed by atoms with E-state index < -0.39 is 0 Å². The molecule has 0 atom stereocenters. The van der Waals surface area contributed by atoms with Crippen molar-refractivity contribution >= 4 is 37.5 Å². The second-order valence-electron chi connectivity index (χ2n) is 4.58. The molecule has 0 unspecified atom stereocenters. The van der Waals surface area contributed by atoms with Crippen LogP contribution in [0.2, 0.25) is 0 Å². The maximum absolute atomic E-state index is 5.35. The molecule has 0 aliphatic heterocycles. The molecule has 1 aromatic rings. The largest absolute Gasteiger partial charge is 0.381 e. The SMILES string of the molecule is C#C/C=C(Br)\C(=C/CNc1ccccc1Br)NC1C=CC=C1. The summed E-state index contributed by atoms with van der Waals surface area (Å²) in [5.74, 6) is 2.54. The molecule has 0 fully saturated rings. The number of nitrogens with one attached hydrogen (secondary N) is 2. The average molecular weight is 420 g/mol. The number of allylic oxidation sites excluding steroid dienone is 4. The molecule has 22 heavy (non-hydrogen) atoms. The van der Waals surface area contributed by atoms with Crippen LogP contribution < -0.4 is 10.6 Å². The summed E-state index contributed by atoms with van der Waals surface area (Å²) >= 11 is 7.04. The number of hydrogen-bond acceptors (Lipinski definition) is 2. The molecule has 0 amide bonds. The lowest BCUT2D eigenvalue weighted by atomic mass is 10.2. The highest BCUT2D eigenvalue weighted by Crippen LogP contribution is 2.21. The van der Waals surface area contributed by atoms with E-state index in [0.717, 1.165) is 20.3 Å². The zero-order valence-corrected chi connectivity index (χ0v) is 15.1. The van der Waals surface area contributed by atoms with Crippen molar-refractivity contribution in [2.24, 2.45) is 0 Å². The van der Waals surface area contributed by atoms with Crippen LogP contribution >= 0.6 is 31.9 Å². The van der Waals surface area contributed by atoms with Gasteiger partial charge in [-0.05, 0) is 50.1 Å². The van der Waals surface area contributed by atoms with Crippen LogP contribution in [0.25, 0.3) is 0 Å². The molecule has 2 N–H and O–H groups in total. The lowest BCUT2D eigenvalue weighted by Crippen LogP contribution is -2.24. The van der Waals surface area contributed by atoms with E-state index >= 15 is 0 Å². The molecule has 112 valence electrons. The molecule has 0 radical (unpaired) electrons. The zero-order valence-electron chi connectivity index (χ0n) is 11.9. The number of para-hydroxylation sites is 1. The molecule has 4 heteroatoms. The number of hydrogen-bond donors (Lipinski definition) is 2. The van der Waals surface area contributed by atoms with Crippen LogP contribution in [0.15, 0.2) is 75.4 Å². The summed E-state index contributed by atoms with van der Waals surface area (Å²) in [7, 11) is 0. The molecule has 0 spiro atoms. The van der Waals surface area contributed by atoms with Crippen molar-refractivity contribution in [3.8, 4) is 12.3 Å². The molecule has 0 saturated heterocycles. The Kier molecular flexibility index (Phi) is 6.57. The van der Waals surface area contributed by atoms with Gasteiger partial charge < -0.3 is 10.6 Å². The van der Waals surface area contributed by atoms with E-state index in [1.165, 1.54) is 0 Å². The van der Waals surface area contributed by atoms with E-state index in [-0.39, 0.29) is 6.04 Å². The molecular weight excluding hydrogens is 404 g/mol. The maximum atomic E-state index is 5.35. The van der Waals surface area contributed by atoms with Gasteiger partial charge in [-0.1, -0.05) is 42.4 Å². The molecule has 1 aliphatic rings. The second kappa shape index (κ2) is 8.67. The van der Waals surface area contributed by atoms with Crippen LogP contribution in [0.5, 0.6) is 0 Å². The van der Waals surface area contributed by atoms with E-state index in [1.54, 1.807) is 6.08 Å². The highest BCUT2D eigenvalue weighted by molar-refractivity contribution is 9.12. The summed E-state index contributed by atoms with van der Waals surface area (Å²) in [5.41, 5.74) is 2.01. The molecular formula is C18H16Br2N2. The lowest BCUT2D eigenvalue weighted by molar-refractivity contribution is 0.809. The first-order valence-corrected chi connectivity index (χ1v) is 8.41. The van der Waals surface area contributed by atoms with Crippen molar-refractivity contribution in [2.45, 2.75) is 6.04 Å². The van der Waals surface area contributed by atoms with Gasteiger partial charge in [0.25, 0.3) is 0 Å². The molecule has 0 heterocycles. The smallest absolute Gasteiger partial charge is 0.0635 e. The van der Waals surface area contributed by atoms with Crippen molar-refractivity contribution in [3.63, 3.8) is 0 Å². The lowest BCUT2D eigenvalue weighted by Gasteiger charge is -2.15. The number of anilines is 1. The predicted molar refractivity (Wildman–Crippen MR) is 102 cm³/mol. The topological polar surface area (TPSA) is 24.1 Å². The normalized spacial score (nSPS) is 15.0. The summed E-state index contributed by atoms with van der Waals surface area (Å²) in [4.78, 5) is 0. The van der Waals surface area contributed by atoms with Crippen molar-refractivity contribution in [2.75, 3.05) is 11.9 Å². The van der Waals surface area contributed by atoms with E-state index in [1.807, 2.05) is 36.4 Å². The predicted octanol–water partition coefficient (Wildman–Crippen LogP) is 4.74. The minimum Gasteiger partial charge on any atom is -0.381 e. The molecule has 0 bridgehead atoms. The van der Waals surface area contributed by atoms with Crippen LogP contribution in [-0.2, 0) is 0 Å². The van der Waals surface area contributed by atoms with Crippen LogP contribution in [0.3, 0.4) is 0 Å². The first kappa shape index (κ1) is 16.7. The first-order chi connectivity index (χ1) is 10.7. The molecule has 2 rings (SSSR count). The van der Waals surface area contributed by atoms with Crippen molar-refractivity contribution in [1.29, 1.82) is 0 Å². The van der Waals surface area contributed by atoms with Crippen LogP contribution in [-0.4, -0.2) is 12.6 Å². The number of rotatable bonds is 6. The average Bonchev–Trinajstić information content (AvgIpc) is 3.01. The Morgan fingerprint density at radius 3 is 2.68 bits per heavy atom. The monoisotopic (exact) mass is 418 g/mol. The van der Waals surface area contributed by atoms with Gasteiger partial charge in [0.15, 0.2) is 0 Å². The quantitative estimate of drug-likeness (QED) is 0.513. The van der Waals surface area contributed by atoms with Crippen LogP contribution in [0.1, 0.15) is 0 Å². The molecule has 1 aromatic carbocycles. The van der Waals surface area contributed by atoms with Crippen molar-refractivity contribution in [1.82, 2.24) is 5.32 Å². The van der Waals surface area contributed by atoms with Gasteiger partial charge in [-0.15, -0.1) is 6.42 Å². The van der Waals surface area contributed by atoms with Gasteiger partial charge in [0.05, 0.1) is 6.04 Å². The highest BCUT2D eigenvalue weighted by Gasteiger charge is 2.08. The Bertz CT molecular complexity index is 667. The van der Waals surface area contributed by atoms with Gasteiger partial charge in [-0.3, -0.25) is 0 Å². The van der Waals surface area contributed by atoms with Crippen molar-refractivity contribution in [3.05, 3.63) is 75.4 Å². The Morgan fingerprint density at radius 2 is 2.00 bits per heavy atom. The molecule has 2 nitrogen and oxygen atoms in total. The Labute approximate surface area is 148 Å². The Balaban J connectivity index is 2.05. The van der Waals surface area contributed by atoms with E-state index in [4.69, 9.17) is 6.42 Å². The maximum Gasteiger partial charge on any atom is 0.0635 e. The van der Waals surface area contributed by atoms with Gasteiger partial charge in [-0.25, -0.2) is 0 Å². The fourth-order valence-electron chi connectivity index (χ4n) is 1.95. The molecule has 0 saturated carbocycles. The standard InChI is InChI=1S/C18H16Br2N2/c1-2-7-15(19)18(22-14-8-3-4-9-14)12-13-21-17-11-6-5-10-16(17)20/h1,3-12,14,21-22H,13H2/b15-7+,18-12+. The van der Waals surface area contributed by atoms with Crippen LogP contribution in [0.4, 0.5) is 5.69 Å². The fourth-order valence-corrected chi connectivity index (χ4v) is 2.79. The number of halogens is 2. The van der Waals surface area contributed by atoms with E-state index in [9.17, 15) is 0 Å². The third-order valence-electron chi connectivity index (χ3n) is 3.01. The van der Waals surface area contributed by atoms with Gasteiger partial charge >= 0.3 is 0 Å². The fraction of sp³-hybridized carbons (Fsp3) is 0.111. The summed E-state index contributed by atoms with van der Waals surface area (Å²) in [6, 6.07) is 8.21. The van der Waals surface area contributed by atoms with E-state index in [2.05, 4.69) is 66.6 Å². The summed E-state index contributed by atoms with van der Waals surface area (Å²) in [6.45, 7) is 0.679.